The molecular formula is C20H26N6O. The number of nitrogens with one attached hydrogen (secondary N) is 3. The van der Waals surface area contributed by atoms with E-state index in [1.54, 1.807) is 7.11 Å². The molecule has 1 aliphatic carbocycles. The highest BCUT2D eigenvalue weighted by atomic mass is 16.5. The van der Waals surface area contributed by atoms with Crippen LogP contribution in [-0.4, -0.2) is 35.7 Å². The summed E-state index contributed by atoms with van der Waals surface area (Å²) in [5, 5.41) is 3.64. The van der Waals surface area contributed by atoms with Crippen molar-refractivity contribution < 1.29 is 4.74 Å². The lowest BCUT2D eigenvalue weighted by atomic mass is 9.83. The van der Waals surface area contributed by atoms with E-state index >= 15 is 0 Å². The van der Waals surface area contributed by atoms with Crippen molar-refractivity contribution in [3.8, 4) is 5.75 Å². The van der Waals surface area contributed by atoms with E-state index in [1.807, 2.05) is 24.4 Å². The molecule has 2 aromatic rings. The Balaban J connectivity index is 1.29. The summed E-state index contributed by atoms with van der Waals surface area (Å²) < 4.78 is 5.51. The van der Waals surface area contributed by atoms with Gasteiger partial charge in [-0.1, -0.05) is 12.1 Å². The van der Waals surface area contributed by atoms with Gasteiger partial charge in [0.15, 0.2) is 0 Å². The molecule has 7 nitrogen and oxygen atoms in total. The zero-order valence-corrected chi connectivity index (χ0v) is 15.6. The van der Waals surface area contributed by atoms with Crippen molar-refractivity contribution in [1.29, 1.82) is 0 Å². The first-order chi connectivity index (χ1) is 13.3. The molecule has 1 saturated carbocycles. The Morgan fingerprint density at radius 2 is 2.19 bits per heavy atom. The Kier molecular flexibility index (Phi) is 4.33. The van der Waals surface area contributed by atoms with E-state index in [1.165, 1.54) is 30.4 Å². The van der Waals surface area contributed by atoms with Gasteiger partial charge in [0.1, 0.15) is 11.6 Å². The van der Waals surface area contributed by atoms with Crippen molar-refractivity contribution in [3.05, 3.63) is 41.6 Å². The number of hydrazine groups is 1. The first-order valence-corrected chi connectivity index (χ1v) is 9.78. The first kappa shape index (κ1) is 16.8. The average Bonchev–Trinajstić information content (AvgIpc) is 3.34. The van der Waals surface area contributed by atoms with Gasteiger partial charge >= 0.3 is 0 Å². The van der Waals surface area contributed by atoms with E-state index in [0.29, 0.717) is 18.0 Å². The van der Waals surface area contributed by atoms with Gasteiger partial charge in [0.25, 0.3) is 0 Å². The van der Waals surface area contributed by atoms with Crippen LogP contribution in [-0.2, 0) is 13.1 Å². The molecule has 0 radical (unpaired) electrons. The van der Waals surface area contributed by atoms with Crippen LogP contribution in [0.3, 0.4) is 0 Å². The Labute approximate surface area is 159 Å². The summed E-state index contributed by atoms with van der Waals surface area (Å²) >= 11 is 0. The highest BCUT2D eigenvalue weighted by molar-refractivity contribution is 5.51. The summed E-state index contributed by atoms with van der Waals surface area (Å²) in [6.07, 6.45) is 5.40. The number of aromatic nitrogens is 2. The van der Waals surface area contributed by atoms with E-state index < -0.39 is 0 Å². The summed E-state index contributed by atoms with van der Waals surface area (Å²) in [4.78, 5) is 11.5. The van der Waals surface area contributed by atoms with Gasteiger partial charge in [-0.05, 0) is 42.9 Å². The quantitative estimate of drug-likeness (QED) is 0.765. The molecule has 3 heterocycles. The largest absolute Gasteiger partial charge is 0.496 e. The molecule has 0 amide bonds. The summed E-state index contributed by atoms with van der Waals surface area (Å²) in [7, 11) is 1.73. The highest BCUT2D eigenvalue weighted by Gasteiger charge is 2.34. The molecule has 142 valence electrons. The Bertz CT molecular complexity index is 828. The third-order valence-electron chi connectivity index (χ3n) is 6.07. The number of fused-ring (bicyclic) bond motifs is 2. The number of hydrogen-bond donors (Lipinski definition) is 3. The molecule has 2 aliphatic heterocycles. The van der Waals surface area contributed by atoms with Crippen molar-refractivity contribution in [2.45, 2.75) is 44.4 Å². The van der Waals surface area contributed by atoms with Crippen LogP contribution in [0.25, 0.3) is 0 Å². The Morgan fingerprint density at radius 3 is 3.11 bits per heavy atom. The van der Waals surface area contributed by atoms with Gasteiger partial charge in [-0.2, -0.15) is 4.98 Å². The third-order valence-corrected chi connectivity index (χ3v) is 6.07. The molecule has 7 heteroatoms. The van der Waals surface area contributed by atoms with Crippen LogP contribution >= 0.6 is 0 Å². The molecule has 0 bridgehead atoms. The fourth-order valence-corrected chi connectivity index (χ4v) is 4.65. The van der Waals surface area contributed by atoms with E-state index in [0.717, 1.165) is 37.1 Å². The van der Waals surface area contributed by atoms with Gasteiger partial charge in [0, 0.05) is 36.9 Å². The lowest BCUT2D eigenvalue weighted by molar-refractivity contribution is 0.314. The fourth-order valence-electron chi connectivity index (χ4n) is 4.65. The van der Waals surface area contributed by atoms with Crippen molar-refractivity contribution in [2.24, 2.45) is 5.92 Å². The molecule has 3 aliphatic rings. The molecule has 2 fully saturated rings. The Hall–Kier alpha value is -2.38. The van der Waals surface area contributed by atoms with E-state index in [2.05, 4.69) is 32.1 Å². The second kappa shape index (κ2) is 6.98. The molecule has 0 spiro atoms. The van der Waals surface area contributed by atoms with Gasteiger partial charge < -0.3 is 15.0 Å². The number of methoxy groups -OCH3 is 1. The van der Waals surface area contributed by atoms with Gasteiger partial charge in [0.05, 0.1) is 13.7 Å². The van der Waals surface area contributed by atoms with Crippen LogP contribution < -0.4 is 25.8 Å². The zero-order valence-electron chi connectivity index (χ0n) is 15.6. The maximum absolute atomic E-state index is 5.51. The second-order valence-corrected chi connectivity index (χ2v) is 7.74. The minimum atomic E-state index is 0.478. The second-order valence-electron chi connectivity index (χ2n) is 7.74. The van der Waals surface area contributed by atoms with E-state index in [-0.39, 0.29) is 0 Å². The monoisotopic (exact) mass is 366 g/mol. The summed E-state index contributed by atoms with van der Waals surface area (Å²) in [5.41, 5.74) is 9.20. The van der Waals surface area contributed by atoms with Gasteiger partial charge in [0.2, 0.25) is 5.95 Å². The van der Waals surface area contributed by atoms with Crippen molar-refractivity contribution in [2.75, 3.05) is 23.9 Å². The SMILES string of the molecule is COc1cccc2c1CN(c1nccc(NC3CCC4NNCC4C3)n1)C2. The minimum absolute atomic E-state index is 0.478. The van der Waals surface area contributed by atoms with Crippen LogP contribution in [0.15, 0.2) is 30.5 Å². The number of rotatable bonds is 4. The molecule has 3 unspecified atom stereocenters. The van der Waals surface area contributed by atoms with Crippen LogP contribution in [0.1, 0.15) is 30.4 Å². The van der Waals surface area contributed by atoms with Crippen LogP contribution in [0.2, 0.25) is 0 Å². The minimum Gasteiger partial charge on any atom is -0.496 e. The maximum Gasteiger partial charge on any atom is 0.227 e. The van der Waals surface area contributed by atoms with Crippen LogP contribution in [0, 0.1) is 5.92 Å². The highest BCUT2D eigenvalue weighted by Crippen LogP contribution is 2.33. The molecular weight excluding hydrogens is 340 g/mol. The lowest BCUT2D eigenvalue weighted by Crippen LogP contribution is -2.39. The number of nitrogens with zero attached hydrogens (tertiary/aromatic N) is 3. The molecule has 3 atom stereocenters. The Morgan fingerprint density at radius 1 is 1.22 bits per heavy atom. The average molecular weight is 366 g/mol. The van der Waals surface area contributed by atoms with Gasteiger partial charge in [-0.25, -0.2) is 4.98 Å². The standard InChI is InChI=1S/C20H26N6O/c1-27-18-4-2-3-13-11-26(12-16(13)18)20-21-8-7-19(24-20)23-15-5-6-17-14(9-15)10-22-25-17/h2-4,7-8,14-15,17,22,25H,5-6,9-12H2,1H3,(H,21,23,24). The maximum atomic E-state index is 5.51. The summed E-state index contributed by atoms with van der Waals surface area (Å²) in [6, 6.07) is 9.30. The van der Waals surface area contributed by atoms with E-state index in [4.69, 9.17) is 9.72 Å². The van der Waals surface area contributed by atoms with Crippen LogP contribution in [0.4, 0.5) is 11.8 Å². The summed E-state index contributed by atoms with van der Waals surface area (Å²) in [5.74, 6) is 3.35. The zero-order chi connectivity index (χ0) is 18.2. The first-order valence-electron chi connectivity index (χ1n) is 9.78. The number of hydrogen-bond acceptors (Lipinski definition) is 7. The van der Waals surface area contributed by atoms with Crippen molar-refractivity contribution in [1.82, 2.24) is 20.8 Å². The number of ether oxygens (including phenoxy) is 1. The predicted molar refractivity (Wildman–Crippen MR) is 105 cm³/mol. The number of benzene rings is 1. The topological polar surface area (TPSA) is 74.3 Å². The summed E-state index contributed by atoms with van der Waals surface area (Å²) in [6.45, 7) is 2.67. The van der Waals surface area contributed by atoms with E-state index in [9.17, 15) is 0 Å². The van der Waals surface area contributed by atoms with Crippen molar-refractivity contribution >= 4 is 11.8 Å². The predicted octanol–water partition coefficient (Wildman–Crippen LogP) is 2.06. The van der Waals surface area contributed by atoms with Gasteiger partial charge in [-0.15, -0.1) is 0 Å². The number of anilines is 2. The molecule has 1 saturated heterocycles. The van der Waals surface area contributed by atoms with Crippen LogP contribution in [0.5, 0.6) is 5.75 Å². The fraction of sp³-hybridized carbons (Fsp3) is 0.500. The smallest absolute Gasteiger partial charge is 0.227 e. The molecule has 27 heavy (non-hydrogen) atoms. The third kappa shape index (κ3) is 3.21. The molecule has 5 rings (SSSR count). The van der Waals surface area contributed by atoms with Crippen molar-refractivity contribution in [3.63, 3.8) is 0 Å². The van der Waals surface area contributed by atoms with Gasteiger partial charge in [-0.3, -0.25) is 10.9 Å². The lowest BCUT2D eigenvalue weighted by Gasteiger charge is -2.31. The molecule has 1 aromatic heterocycles. The molecule has 3 N–H and O–H groups in total. The molecule has 1 aromatic carbocycles. The normalized spacial score (nSPS) is 26.6.